The molecule has 0 bridgehead atoms. The molecule has 1 unspecified atom stereocenters. The van der Waals surface area contributed by atoms with Gasteiger partial charge in [0.05, 0.1) is 24.3 Å². The molecule has 4 heteroatoms. The third-order valence-corrected chi connectivity index (χ3v) is 4.75. The number of benzene rings is 2. The van der Waals surface area contributed by atoms with Gasteiger partial charge >= 0.3 is 0 Å². The maximum Gasteiger partial charge on any atom is 0.247 e. The van der Waals surface area contributed by atoms with Crippen molar-refractivity contribution in [3.63, 3.8) is 0 Å². The Labute approximate surface area is 154 Å². The van der Waals surface area contributed by atoms with E-state index in [4.69, 9.17) is 10.00 Å². The molecule has 132 valence electrons. The molecule has 1 aliphatic heterocycles. The Morgan fingerprint density at radius 1 is 1.31 bits per heavy atom. The highest BCUT2D eigenvalue weighted by molar-refractivity contribution is 5.92. The second kappa shape index (κ2) is 7.88. The molecule has 0 saturated carbocycles. The van der Waals surface area contributed by atoms with Crippen molar-refractivity contribution in [1.29, 1.82) is 5.26 Å². The van der Waals surface area contributed by atoms with Crippen LogP contribution in [0, 0.1) is 11.3 Å². The Balaban J connectivity index is 1.72. The maximum atomic E-state index is 12.7. The molecule has 26 heavy (non-hydrogen) atoms. The normalized spacial score (nSPS) is 13.7. The summed E-state index contributed by atoms with van der Waals surface area (Å²) in [6, 6.07) is 15.4. The summed E-state index contributed by atoms with van der Waals surface area (Å²) in [5, 5.41) is 8.92. The third-order valence-electron chi connectivity index (χ3n) is 4.75. The highest BCUT2D eigenvalue weighted by Gasteiger charge is 2.18. The number of rotatable bonds is 5. The highest BCUT2D eigenvalue weighted by atomic mass is 16.5. The van der Waals surface area contributed by atoms with Gasteiger partial charge < -0.3 is 9.64 Å². The Kier molecular flexibility index (Phi) is 5.38. The average Bonchev–Trinajstić information content (AvgIpc) is 3.14. The van der Waals surface area contributed by atoms with Gasteiger partial charge in [0, 0.05) is 19.0 Å². The smallest absolute Gasteiger partial charge is 0.247 e. The van der Waals surface area contributed by atoms with Crippen LogP contribution in [0.1, 0.15) is 42.1 Å². The number of hydrogen-bond donors (Lipinski definition) is 0. The molecular formula is C22H22N2O2. The number of carbonyl (C=O) groups excluding carboxylic acids is 1. The van der Waals surface area contributed by atoms with Crippen molar-refractivity contribution in [3.8, 4) is 11.8 Å². The lowest BCUT2D eigenvalue weighted by molar-refractivity contribution is -0.127. The Morgan fingerprint density at radius 2 is 2.08 bits per heavy atom. The Morgan fingerprint density at radius 3 is 2.77 bits per heavy atom. The van der Waals surface area contributed by atoms with Crippen LogP contribution in [0.3, 0.4) is 0 Å². The van der Waals surface area contributed by atoms with Crippen LogP contribution in [0.5, 0.6) is 5.75 Å². The van der Waals surface area contributed by atoms with Gasteiger partial charge in [-0.25, -0.2) is 0 Å². The van der Waals surface area contributed by atoms with Gasteiger partial charge in [0.25, 0.3) is 0 Å². The molecule has 1 atom stereocenters. The number of likely N-dealkylation sites (N-methyl/N-ethyl adjacent to an activating group) is 1. The van der Waals surface area contributed by atoms with E-state index in [1.165, 1.54) is 5.56 Å². The lowest BCUT2D eigenvalue weighted by Crippen LogP contribution is -2.32. The number of fused-ring (bicyclic) bond motifs is 1. The molecule has 3 rings (SSSR count). The first kappa shape index (κ1) is 17.8. The molecule has 0 spiro atoms. The summed E-state index contributed by atoms with van der Waals surface area (Å²) in [5.74, 6) is 0.916. The lowest BCUT2D eigenvalue weighted by atomic mass is 10.0. The van der Waals surface area contributed by atoms with Gasteiger partial charge in [-0.2, -0.15) is 5.26 Å². The predicted molar refractivity (Wildman–Crippen MR) is 102 cm³/mol. The van der Waals surface area contributed by atoms with Crippen molar-refractivity contribution in [3.05, 3.63) is 70.8 Å². The minimum absolute atomic E-state index is 0.0268. The Bertz CT molecular complexity index is 863. The molecule has 0 fully saturated rings. The fourth-order valence-electron chi connectivity index (χ4n) is 3.21. The van der Waals surface area contributed by atoms with Gasteiger partial charge in [0.2, 0.25) is 5.91 Å². The fraction of sp³-hybridized carbons (Fsp3) is 0.273. The predicted octanol–water partition coefficient (Wildman–Crippen LogP) is 4.12. The number of nitrogens with zero attached hydrogens (tertiary/aromatic N) is 2. The summed E-state index contributed by atoms with van der Waals surface area (Å²) in [7, 11) is 0. The van der Waals surface area contributed by atoms with E-state index in [9.17, 15) is 4.79 Å². The summed E-state index contributed by atoms with van der Waals surface area (Å²) in [6.07, 6.45) is 4.40. The number of carbonyl (C=O) groups is 1. The van der Waals surface area contributed by atoms with Crippen LogP contribution < -0.4 is 4.74 Å². The topological polar surface area (TPSA) is 53.3 Å². The summed E-state index contributed by atoms with van der Waals surface area (Å²) in [6.45, 7) is 5.32. The van der Waals surface area contributed by atoms with Crippen molar-refractivity contribution in [2.24, 2.45) is 0 Å². The summed E-state index contributed by atoms with van der Waals surface area (Å²) < 4.78 is 5.51. The summed E-state index contributed by atoms with van der Waals surface area (Å²) in [5.41, 5.74) is 3.83. The van der Waals surface area contributed by atoms with Gasteiger partial charge in [-0.15, -0.1) is 0 Å². The van der Waals surface area contributed by atoms with Crippen molar-refractivity contribution < 1.29 is 9.53 Å². The van der Waals surface area contributed by atoms with E-state index in [2.05, 4.69) is 12.1 Å². The van der Waals surface area contributed by atoms with Crippen molar-refractivity contribution >= 4 is 12.0 Å². The average molecular weight is 346 g/mol. The van der Waals surface area contributed by atoms with E-state index in [1.54, 1.807) is 18.2 Å². The van der Waals surface area contributed by atoms with Gasteiger partial charge in [-0.1, -0.05) is 18.2 Å². The van der Waals surface area contributed by atoms with Gasteiger partial charge in [0.1, 0.15) is 5.75 Å². The van der Waals surface area contributed by atoms with Crippen LogP contribution in [-0.4, -0.2) is 24.0 Å². The van der Waals surface area contributed by atoms with E-state index < -0.39 is 0 Å². The molecule has 1 aliphatic rings. The van der Waals surface area contributed by atoms with E-state index >= 15 is 0 Å². The summed E-state index contributed by atoms with van der Waals surface area (Å²) >= 11 is 0. The molecule has 1 amide bonds. The Hall–Kier alpha value is -3.06. The zero-order valence-corrected chi connectivity index (χ0v) is 15.1. The standard InChI is InChI=1S/C22H22N2O2/c1-3-24(16(2)19-8-4-18(15-23)5-9-19)22(25)11-7-17-6-10-21-20(14-17)12-13-26-21/h4-11,14,16H,3,12-13H2,1-2H3/b11-7+. The minimum atomic E-state index is -0.0571. The second-order valence-electron chi connectivity index (χ2n) is 6.33. The van der Waals surface area contributed by atoms with Gasteiger partial charge in [-0.05, 0) is 60.9 Å². The van der Waals surface area contributed by atoms with Crippen LogP contribution in [0.25, 0.3) is 6.08 Å². The van der Waals surface area contributed by atoms with E-state index in [1.807, 2.05) is 49.1 Å². The van der Waals surface area contributed by atoms with Crippen LogP contribution in [0.4, 0.5) is 0 Å². The first-order valence-electron chi connectivity index (χ1n) is 8.87. The fourth-order valence-corrected chi connectivity index (χ4v) is 3.21. The molecule has 1 heterocycles. The van der Waals surface area contributed by atoms with E-state index in [0.717, 1.165) is 29.9 Å². The largest absolute Gasteiger partial charge is 0.493 e. The number of hydrogen-bond acceptors (Lipinski definition) is 3. The first-order valence-corrected chi connectivity index (χ1v) is 8.87. The van der Waals surface area contributed by atoms with Crippen LogP contribution >= 0.6 is 0 Å². The SMILES string of the molecule is CCN(C(=O)/C=C/c1ccc2c(c1)CCO2)C(C)c1ccc(C#N)cc1. The van der Waals surface area contributed by atoms with Gasteiger partial charge in [-0.3, -0.25) is 4.79 Å². The lowest BCUT2D eigenvalue weighted by Gasteiger charge is -2.27. The third kappa shape index (κ3) is 3.78. The molecule has 2 aromatic rings. The number of amides is 1. The molecule has 0 N–H and O–H groups in total. The van der Waals surface area contributed by atoms with Crippen molar-refractivity contribution in [2.75, 3.05) is 13.2 Å². The molecule has 0 saturated heterocycles. The quantitative estimate of drug-likeness (QED) is 0.765. The molecular weight excluding hydrogens is 324 g/mol. The maximum absolute atomic E-state index is 12.7. The zero-order valence-electron chi connectivity index (χ0n) is 15.1. The molecule has 2 aromatic carbocycles. The van der Waals surface area contributed by atoms with Crippen LogP contribution in [0.15, 0.2) is 48.5 Å². The second-order valence-corrected chi connectivity index (χ2v) is 6.33. The van der Waals surface area contributed by atoms with E-state index in [-0.39, 0.29) is 11.9 Å². The summed E-state index contributed by atoms with van der Waals surface area (Å²) in [4.78, 5) is 14.5. The zero-order chi connectivity index (χ0) is 18.5. The van der Waals surface area contributed by atoms with Gasteiger partial charge in [0.15, 0.2) is 0 Å². The van der Waals surface area contributed by atoms with Crippen molar-refractivity contribution in [1.82, 2.24) is 4.90 Å². The number of ether oxygens (including phenoxy) is 1. The molecule has 4 nitrogen and oxygen atoms in total. The number of nitriles is 1. The molecule has 0 aliphatic carbocycles. The molecule has 0 radical (unpaired) electrons. The monoisotopic (exact) mass is 346 g/mol. The van der Waals surface area contributed by atoms with Crippen LogP contribution in [0.2, 0.25) is 0 Å². The van der Waals surface area contributed by atoms with Crippen molar-refractivity contribution in [2.45, 2.75) is 26.3 Å². The highest BCUT2D eigenvalue weighted by Crippen LogP contribution is 2.26. The van der Waals surface area contributed by atoms with Crippen LogP contribution in [-0.2, 0) is 11.2 Å². The van der Waals surface area contributed by atoms with E-state index in [0.29, 0.717) is 12.1 Å². The first-order chi connectivity index (χ1) is 12.6. The molecule has 0 aromatic heterocycles. The minimum Gasteiger partial charge on any atom is -0.493 e.